The fourth-order valence-electron chi connectivity index (χ4n) is 0.984. The second-order valence-corrected chi connectivity index (χ2v) is 3.09. The Morgan fingerprint density at radius 3 is 2.86 bits per heavy atom. The number of rotatable bonds is 2. The van der Waals surface area contributed by atoms with Gasteiger partial charge in [0, 0.05) is 12.3 Å². The molecule has 1 aromatic heterocycles. The maximum atomic E-state index is 5.69. The Morgan fingerprint density at radius 2 is 2.21 bits per heavy atom. The van der Waals surface area contributed by atoms with Gasteiger partial charge in [-0.15, -0.1) is 0 Å². The number of benzene rings is 1. The lowest BCUT2D eigenvalue weighted by Crippen LogP contribution is -1.86. The van der Waals surface area contributed by atoms with E-state index in [1.807, 2.05) is 18.2 Å². The smallest absolute Gasteiger partial charge is 0.219 e. The van der Waals surface area contributed by atoms with E-state index >= 15 is 0 Å². The van der Waals surface area contributed by atoms with Gasteiger partial charge in [0.1, 0.15) is 5.75 Å². The van der Waals surface area contributed by atoms with Crippen LogP contribution >= 0.6 is 11.6 Å². The van der Waals surface area contributed by atoms with Gasteiger partial charge in [-0.25, -0.2) is 4.98 Å². The largest absolute Gasteiger partial charge is 0.439 e. The Balaban J connectivity index is 2.16. The van der Waals surface area contributed by atoms with E-state index in [1.54, 1.807) is 24.4 Å². The highest BCUT2D eigenvalue weighted by Crippen LogP contribution is 2.19. The molecule has 3 heteroatoms. The number of ether oxygens (including phenoxy) is 1. The van der Waals surface area contributed by atoms with E-state index in [0.717, 1.165) is 0 Å². The van der Waals surface area contributed by atoms with Crippen molar-refractivity contribution in [3.63, 3.8) is 0 Å². The monoisotopic (exact) mass is 204 g/mol. The van der Waals surface area contributed by atoms with Crippen LogP contribution in [0.1, 0.15) is 0 Å². The third-order valence-electron chi connectivity index (χ3n) is 1.60. The maximum Gasteiger partial charge on any atom is 0.219 e. The minimum Gasteiger partial charge on any atom is -0.439 e. The van der Waals surface area contributed by atoms with Crippen LogP contribution in [0, 0.1) is 6.07 Å². The molecule has 0 saturated heterocycles. The average Bonchev–Trinajstić information content (AvgIpc) is 2.23. The van der Waals surface area contributed by atoms with Gasteiger partial charge in [0.15, 0.2) is 0 Å². The minimum atomic E-state index is 0.522. The van der Waals surface area contributed by atoms with E-state index in [2.05, 4.69) is 11.1 Å². The molecule has 2 nitrogen and oxygen atoms in total. The normalized spacial score (nSPS) is 9.79. The summed E-state index contributed by atoms with van der Waals surface area (Å²) in [6, 6.07) is 13.6. The first kappa shape index (κ1) is 9.03. The number of aromatic nitrogens is 1. The van der Waals surface area contributed by atoms with Crippen molar-refractivity contribution in [1.82, 2.24) is 4.98 Å². The quantitative estimate of drug-likeness (QED) is 0.749. The van der Waals surface area contributed by atoms with E-state index in [9.17, 15) is 0 Å². The van der Waals surface area contributed by atoms with Crippen LogP contribution in [-0.2, 0) is 0 Å². The third-order valence-corrected chi connectivity index (χ3v) is 1.82. The van der Waals surface area contributed by atoms with Crippen molar-refractivity contribution < 1.29 is 4.74 Å². The molecule has 1 radical (unpaired) electrons. The van der Waals surface area contributed by atoms with Crippen molar-refractivity contribution in [3.05, 3.63) is 53.7 Å². The molecule has 1 aromatic carbocycles. The lowest BCUT2D eigenvalue weighted by atomic mass is 10.3. The maximum absolute atomic E-state index is 5.69. The summed E-state index contributed by atoms with van der Waals surface area (Å²) in [7, 11) is 0. The topological polar surface area (TPSA) is 22.1 Å². The van der Waals surface area contributed by atoms with Gasteiger partial charge in [-0.05, 0) is 24.3 Å². The molecular formula is C11H7ClNO. The van der Waals surface area contributed by atoms with Gasteiger partial charge in [0.25, 0.3) is 0 Å². The zero-order valence-corrected chi connectivity index (χ0v) is 8.03. The van der Waals surface area contributed by atoms with Crippen molar-refractivity contribution in [2.45, 2.75) is 0 Å². The molecule has 0 amide bonds. The molecule has 14 heavy (non-hydrogen) atoms. The van der Waals surface area contributed by atoms with Gasteiger partial charge >= 0.3 is 0 Å². The Hall–Kier alpha value is -1.54. The van der Waals surface area contributed by atoms with E-state index in [4.69, 9.17) is 16.3 Å². The first-order chi connectivity index (χ1) is 6.84. The van der Waals surface area contributed by atoms with Crippen LogP contribution in [-0.4, -0.2) is 4.98 Å². The molecule has 0 saturated carbocycles. The predicted molar refractivity (Wildman–Crippen MR) is 54.6 cm³/mol. The molecule has 0 spiro atoms. The van der Waals surface area contributed by atoms with E-state index in [0.29, 0.717) is 16.7 Å². The molecule has 2 aromatic rings. The van der Waals surface area contributed by atoms with E-state index < -0.39 is 0 Å². The van der Waals surface area contributed by atoms with Gasteiger partial charge in [-0.3, -0.25) is 0 Å². The summed E-state index contributed by atoms with van der Waals surface area (Å²) in [4.78, 5) is 4.01. The summed E-state index contributed by atoms with van der Waals surface area (Å²) >= 11 is 5.69. The molecule has 0 aliphatic heterocycles. The third kappa shape index (κ3) is 2.24. The summed E-state index contributed by atoms with van der Waals surface area (Å²) in [6.45, 7) is 0. The molecular weight excluding hydrogens is 198 g/mol. The molecule has 0 atom stereocenters. The molecule has 69 valence electrons. The van der Waals surface area contributed by atoms with Crippen LogP contribution < -0.4 is 4.74 Å². The van der Waals surface area contributed by atoms with Gasteiger partial charge in [0.2, 0.25) is 5.88 Å². The van der Waals surface area contributed by atoms with Crippen LogP contribution in [0.2, 0.25) is 5.02 Å². The lowest BCUT2D eigenvalue weighted by molar-refractivity contribution is 0.463. The van der Waals surface area contributed by atoms with Gasteiger partial charge in [-0.2, -0.15) is 0 Å². The average molecular weight is 205 g/mol. The molecule has 0 bridgehead atoms. The predicted octanol–water partition coefficient (Wildman–Crippen LogP) is 3.33. The van der Waals surface area contributed by atoms with Crippen molar-refractivity contribution in [3.8, 4) is 11.6 Å². The fraction of sp³-hybridized carbons (Fsp3) is 0. The highest BCUT2D eigenvalue weighted by atomic mass is 35.5. The number of hydrogen-bond donors (Lipinski definition) is 0. The highest BCUT2D eigenvalue weighted by molar-refractivity contribution is 6.30. The zero-order chi connectivity index (χ0) is 9.80. The van der Waals surface area contributed by atoms with Crippen LogP contribution in [0.25, 0.3) is 0 Å². The first-order valence-corrected chi connectivity index (χ1v) is 4.48. The molecule has 0 aliphatic rings. The van der Waals surface area contributed by atoms with Crippen molar-refractivity contribution in [1.29, 1.82) is 0 Å². The van der Waals surface area contributed by atoms with E-state index in [1.165, 1.54) is 0 Å². The number of pyridine rings is 1. The van der Waals surface area contributed by atoms with Crippen LogP contribution in [0.5, 0.6) is 11.6 Å². The first-order valence-electron chi connectivity index (χ1n) is 4.10. The summed E-state index contributed by atoms with van der Waals surface area (Å²) in [5.41, 5.74) is 0. The fourth-order valence-corrected chi connectivity index (χ4v) is 1.10. The Kier molecular flexibility index (Phi) is 2.65. The van der Waals surface area contributed by atoms with Gasteiger partial charge in [-0.1, -0.05) is 23.7 Å². The Morgan fingerprint density at radius 1 is 1.29 bits per heavy atom. The van der Waals surface area contributed by atoms with Crippen LogP contribution in [0.4, 0.5) is 0 Å². The minimum absolute atomic E-state index is 0.522. The molecule has 0 N–H and O–H groups in total. The van der Waals surface area contributed by atoms with Crippen LogP contribution in [0.15, 0.2) is 42.6 Å². The molecule has 0 fully saturated rings. The second kappa shape index (κ2) is 4.11. The Labute approximate surface area is 87.1 Å². The number of halogens is 1. The highest BCUT2D eigenvalue weighted by Gasteiger charge is 1.96. The number of nitrogens with zero attached hydrogens (tertiary/aromatic N) is 1. The summed E-state index contributed by atoms with van der Waals surface area (Å²) in [5, 5.41) is 0.594. The van der Waals surface area contributed by atoms with E-state index in [-0.39, 0.29) is 0 Å². The summed E-state index contributed by atoms with van der Waals surface area (Å²) in [6.07, 6.45) is 1.55. The van der Waals surface area contributed by atoms with Crippen LogP contribution in [0.3, 0.4) is 0 Å². The van der Waals surface area contributed by atoms with Crippen molar-refractivity contribution in [2.24, 2.45) is 0 Å². The number of hydrogen-bond acceptors (Lipinski definition) is 2. The Bertz CT molecular complexity index is 399. The lowest BCUT2D eigenvalue weighted by Gasteiger charge is -2.02. The van der Waals surface area contributed by atoms with Crippen molar-refractivity contribution in [2.75, 3.05) is 0 Å². The molecule has 0 unspecified atom stereocenters. The standard InChI is InChI=1S/C11H7ClNO/c12-9-6-7-11(13-8-9)14-10-4-2-1-3-5-10/h1-2,4-8H. The van der Waals surface area contributed by atoms with Crippen molar-refractivity contribution >= 4 is 11.6 Å². The SMILES string of the molecule is Clc1ccc(Oc2c[c]ccc2)nc1. The molecule has 2 rings (SSSR count). The molecule has 1 heterocycles. The summed E-state index contributed by atoms with van der Waals surface area (Å²) in [5.74, 6) is 1.23. The zero-order valence-electron chi connectivity index (χ0n) is 7.27. The molecule has 0 aliphatic carbocycles. The van der Waals surface area contributed by atoms with Gasteiger partial charge < -0.3 is 4.74 Å². The second-order valence-electron chi connectivity index (χ2n) is 2.66. The summed E-state index contributed by atoms with van der Waals surface area (Å²) < 4.78 is 5.43. The van der Waals surface area contributed by atoms with Gasteiger partial charge in [0.05, 0.1) is 5.02 Å².